The van der Waals surface area contributed by atoms with Gasteiger partial charge in [0, 0.05) is 13.2 Å². The van der Waals surface area contributed by atoms with Gasteiger partial charge in [0.15, 0.2) is 0 Å². The summed E-state index contributed by atoms with van der Waals surface area (Å²) in [4.78, 5) is 22.5. The van der Waals surface area contributed by atoms with Crippen molar-refractivity contribution in [3.8, 4) is 0 Å². The van der Waals surface area contributed by atoms with E-state index in [0.29, 0.717) is 19.8 Å². The normalized spacial score (nSPS) is 17.4. The van der Waals surface area contributed by atoms with E-state index in [4.69, 9.17) is 9.84 Å². The second-order valence-corrected chi connectivity index (χ2v) is 4.64. The Morgan fingerprint density at radius 1 is 1.33 bits per heavy atom. The molecule has 0 radical (unpaired) electrons. The summed E-state index contributed by atoms with van der Waals surface area (Å²) in [7, 11) is 0. The van der Waals surface area contributed by atoms with Crippen molar-refractivity contribution in [1.29, 1.82) is 0 Å². The van der Waals surface area contributed by atoms with Crippen molar-refractivity contribution >= 4 is 12.0 Å². The zero-order valence-corrected chi connectivity index (χ0v) is 10.8. The van der Waals surface area contributed by atoms with E-state index < -0.39 is 11.5 Å². The highest BCUT2D eigenvalue weighted by Crippen LogP contribution is 2.32. The van der Waals surface area contributed by atoms with Gasteiger partial charge in [0.2, 0.25) is 0 Å². The fraction of sp³-hybridized carbons (Fsp3) is 0.833. The number of aliphatic carboxylic acids is 1. The summed E-state index contributed by atoms with van der Waals surface area (Å²) in [6, 6.07) is -0.308. The maximum Gasteiger partial charge on any atom is 0.315 e. The Morgan fingerprint density at radius 3 is 2.56 bits per heavy atom. The fourth-order valence-electron chi connectivity index (χ4n) is 2.35. The zero-order valence-electron chi connectivity index (χ0n) is 10.8. The third kappa shape index (κ3) is 4.91. The molecule has 0 saturated heterocycles. The number of ether oxygens (including phenoxy) is 1. The minimum absolute atomic E-state index is 0.00806. The van der Waals surface area contributed by atoms with Crippen LogP contribution in [0.1, 0.15) is 39.0 Å². The van der Waals surface area contributed by atoms with E-state index in [9.17, 15) is 9.59 Å². The van der Waals surface area contributed by atoms with Gasteiger partial charge in [-0.05, 0) is 19.8 Å². The predicted molar refractivity (Wildman–Crippen MR) is 66.5 cm³/mol. The van der Waals surface area contributed by atoms with Gasteiger partial charge in [0.1, 0.15) is 0 Å². The predicted octanol–water partition coefficient (Wildman–Crippen LogP) is 1.11. The molecule has 6 heteroatoms. The van der Waals surface area contributed by atoms with Crippen LogP contribution in [0.15, 0.2) is 0 Å². The van der Waals surface area contributed by atoms with Crippen LogP contribution >= 0.6 is 0 Å². The van der Waals surface area contributed by atoms with E-state index >= 15 is 0 Å². The number of hydrogen-bond donors (Lipinski definition) is 3. The van der Waals surface area contributed by atoms with Crippen LogP contribution in [0.2, 0.25) is 0 Å². The molecule has 3 N–H and O–H groups in total. The lowest BCUT2D eigenvalue weighted by molar-refractivity contribution is -0.138. The average molecular weight is 258 g/mol. The van der Waals surface area contributed by atoms with Crippen LogP contribution in [0, 0.1) is 0 Å². The minimum atomic E-state index is -0.869. The van der Waals surface area contributed by atoms with E-state index in [0.717, 1.165) is 25.7 Å². The lowest BCUT2D eigenvalue weighted by Gasteiger charge is -2.28. The first-order valence-corrected chi connectivity index (χ1v) is 6.43. The maximum atomic E-state index is 11.7. The number of rotatable bonds is 7. The summed E-state index contributed by atoms with van der Waals surface area (Å²) < 4.78 is 5.11. The van der Waals surface area contributed by atoms with Crippen molar-refractivity contribution in [1.82, 2.24) is 10.6 Å². The van der Waals surface area contributed by atoms with Crippen LogP contribution in [0.3, 0.4) is 0 Å². The summed E-state index contributed by atoms with van der Waals surface area (Å²) in [5.74, 6) is -0.869. The first-order valence-electron chi connectivity index (χ1n) is 6.43. The molecule has 1 fully saturated rings. The molecule has 0 aliphatic heterocycles. The fourth-order valence-corrected chi connectivity index (χ4v) is 2.35. The summed E-state index contributed by atoms with van der Waals surface area (Å²) in [6.07, 6.45) is 3.39. The molecule has 1 aliphatic rings. The van der Waals surface area contributed by atoms with Gasteiger partial charge in [-0.3, -0.25) is 4.79 Å². The summed E-state index contributed by atoms with van der Waals surface area (Å²) in [6.45, 7) is 3.41. The minimum Gasteiger partial charge on any atom is -0.481 e. The van der Waals surface area contributed by atoms with E-state index in [1.165, 1.54) is 0 Å². The number of carbonyl (C=O) groups excluding carboxylic acids is 1. The van der Waals surface area contributed by atoms with Gasteiger partial charge in [-0.1, -0.05) is 12.8 Å². The van der Waals surface area contributed by atoms with Crippen LogP contribution < -0.4 is 10.6 Å². The highest BCUT2D eigenvalue weighted by Gasteiger charge is 2.37. The van der Waals surface area contributed by atoms with Crippen molar-refractivity contribution < 1.29 is 19.4 Å². The highest BCUT2D eigenvalue weighted by molar-refractivity contribution is 5.76. The number of hydrogen-bond acceptors (Lipinski definition) is 3. The van der Waals surface area contributed by atoms with E-state index in [1.54, 1.807) is 0 Å². The monoisotopic (exact) mass is 258 g/mol. The molecule has 1 aliphatic carbocycles. The maximum absolute atomic E-state index is 11.7. The van der Waals surface area contributed by atoms with Crippen LogP contribution in [0.4, 0.5) is 4.79 Å². The number of amides is 2. The van der Waals surface area contributed by atoms with E-state index in [1.807, 2.05) is 6.92 Å². The van der Waals surface area contributed by atoms with Gasteiger partial charge < -0.3 is 20.5 Å². The van der Waals surface area contributed by atoms with Crippen molar-refractivity contribution in [2.45, 2.75) is 44.6 Å². The molecule has 2 amide bonds. The van der Waals surface area contributed by atoms with Crippen molar-refractivity contribution in [3.05, 3.63) is 0 Å². The van der Waals surface area contributed by atoms with Crippen LogP contribution in [0.5, 0.6) is 0 Å². The molecule has 0 heterocycles. The average Bonchev–Trinajstić information content (AvgIpc) is 2.71. The molecule has 1 rings (SSSR count). The summed E-state index contributed by atoms with van der Waals surface area (Å²) in [5, 5.41) is 14.4. The zero-order chi connectivity index (χ0) is 13.4. The second-order valence-electron chi connectivity index (χ2n) is 4.64. The third-order valence-corrected chi connectivity index (χ3v) is 3.17. The smallest absolute Gasteiger partial charge is 0.315 e. The number of nitrogens with one attached hydrogen (secondary N) is 2. The van der Waals surface area contributed by atoms with Gasteiger partial charge >= 0.3 is 12.0 Å². The number of carboxylic acid groups (broad SMARTS) is 1. The first kappa shape index (κ1) is 14.8. The molecule has 0 bridgehead atoms. The van der Waals surface area contributed by atoms with Crippen LogP contribution in [0.25, 0.3) is 0 Å². The molecule has 1 saturated carbocycles. The molecular weight excluding hydrogens is 236 g/mol. The molecule has 18 heavy (non-hydrogen) atoms. The number of carbonyl (C=O) groups is 2. The Bertz CT molecular complexity index is 288. The van der Waals surface area contributed by atoms with Crippen molar-refractivity contribution in [2.24, 2.45) is 0 Å². The Balaban J connectivity index is 2.36. The Kier molecular flexibility index (Phi) is 5.91. The van der Waals surface area contributed by atoms with Gasteiger partial charge in [-0.15, -0.1) is 0 Å². The molecule has 0 spiro atoms. The molecule has 6 nitrogen and oxygen atoms in total. The molecule has 0 aromatic carbocycles. The summed E-state index contributed by atoms with van der Waals surface area (Å²) in [5.41, 5.74) is -0.568. The molecule has 104 valence electrons. The standard InChI is InChI=1S/C12H22N2O4/c1-2-18-8-7-13-11(17)14-12(9-10(15)16)5-3-4-6-12/h2-9H2,1H3,(H,15,16)(H2,13,14,17). The van der Waals surface area contributed by atoms with E-state index in [2.05, 4.69) is 10.6 Å². The number of urea groups is 1. The molecular formula is C12H22N2O4. The van der Waals surface area contributed by atoms with E-state index in [-0.39, 0.29) is 12.5 Å². The summed E-state index contributed by atoms with van der Waals surface area (Å²) >= 11 is 0. The Labute approximate surface area is 107 Å². The molecule has 0 aromatic heterocycles. The Hall–Kier alpha value is -1.30. The largest absolute Gasteiger partial charge is 0.481 e. The van der Waals surface area contributed by atoms with Gasteiger partial charge in [-0.2, -0.15) is 0 Å². The van der Waals surface area contributed by atoms with Crippen LogP contribution in [-0.2, 0) is 9.53 Å². The lowest BCUT2D eigenvalue weighted by Crippen LogP contribution is -2.52. The van der Waals surface area contributed by atoms with Gasteiger partial charge in [-0.25, -0.2) is 4.79 Å². The van der Waals surface area contributed by atoms with Crippen molar-refractivity contribution in [3.63, 3.8) is 0 Å². The van der Waals surface area contributed by atoms with Crippen molar-refractivity contribution in [2.75, 3.05) is 19.8 Å². The molecule has 0 aromatic rings. The topological polar surface area (TPSA) is 87.7 Å². The Morgan fingerprint density at radius 2 is 2.00 bits per heavy atom. The third-order valence-electron chi connectivity index (χ3n) is 3.17. The SMILES string of the molecule is CCOCCNC(=O)NC1(CC(=O)O)CCCC1. The van der Waals surface area contributed by atoms with Gasteiger partial charge in [0.05, 0.1) is 18.6 Å². The first-order chi connectivity index (χ1) is 8.58. The highest BCUT2D eigenvalue weighted by atomic mass is 16.5. The number of carboxylic acids is 1. The quantitative estimate of drug-likeness (QED) is 0.597. The molecule has 0 atom stereocenters. The van der Waals surface area contributed by atoms with Gasteiger partial charge in [0.25, 0.3) is 0 Å². The molecule has 0 unspecified atom stereocenters. The lowest BCUT2D eigenvalue weighted by atomic mass is 9.93. The second kappa shape index (κ2) is 7.20. The van der Waals surface area contributed by atoms with Crippen LogP contribution in [-0.4, -0.2) is 42.4 Å².